The van der Waals surface area contributed by atoms with Gasteiger partial charge in [-0.3, -0.25) is 4.79 Å². The smallest absolute Gasteiger partial charge is 0.345 e. The van der Waals surface area contributed by atoms with Crippen molar-refractivity contribution in [2.45, 2.75) is 13.0 Å². The molecule has 1 saturated heterocycles. The molecule has 1 aliphatic rings. The van der Waals surface area contributed by atoms with Crippen LogP contribution in [0.2, 0.25) is 0 Å². The molecular formula is C16H15NO3S. The number of aromatic carboxylic acids is 1. The SMILES string of the molecule is CC1CN(C(=O)c2ccc(C(=O)O)s2)C1c1ccccc1. The summed E-state index contributed by atoms with van der Waals surface area (Å²) in [6, 6.07) is 13.1. The summed E-state index contributed by atoms with van der Waals surface area (Å²) in [6.45, 7) is 2.83. The lowest BCUT2D eigenvalue weighted by Crippen LogP contribution is -2.51. The van der Waals surface area contributed by atoms with Crippen molar-refractivity contribution in [1.29, 1.82) is 0 Å². The number of benzene rings is 1. The number of carbonyl (C=O) groups excluding carboxylic acids is 1. The van der Waals surface area contributed by atoms with E-state index in [1.807, 2.05) is 35.2 Å². The lowest BCUT2D eigenvalue weighted by Gasteiger charge is -2.46. The van der Waals surface area contributed by atoms with Gasteiger partial charge < -0.3 is 10.0 Å². The van der Waals surface area contributed by atoms with Gasteiger partial charge >= 0.3 is 5.97 Å². The topological polar surface area (TPSA) is 57.6 Å². The van der Waals surface area contributed by atoms with Gasteiger partial charge in [0.2, 0.25) is 0 Å². The second-order valence-electron chi connectivity index (χ2n) is 5.26. The van der Waals surface area contributed by atoms with Gasteiger partial charge in [0.1, 0.15) is 4.88 Å². The number of carboxylic acid groups (broad SMARTS) is 1. The molecule has 1 fully saturated rings. The molecule has 0 bridgehead atoms. The summed E-state index contributed by atoms with van der Waals surface area (Å²) in [5.41, 5.74) is 1.12. The number of carboxylic acids is 1. The molecule has 1 aromatic heterocycles. The van der Waals surface area contributed by atoms with Crippen LogP contribution in [-0.2, 0) is 0 Å². The number of hydrogen-bond acceptors (Lipinski definition) is 3. The van der Waals surface area contributed by atoms with Gasteiger partial charge in [0.15, 0.2) is 0 Å². The van der Waals surface area contributed by atoms with Gasteiger partial charge in [-0.15, -0.1) is 11.3 Å². The molecule has 2 unspecified atom stereocenters. The van der Waals surface area contributed by atoms with Crippen LogP contribution in [-0.4, -0.2) is 28.4 Å². The Morgan fingerprint density at radius 1 is 1.14 bits per heavy atom. The normalized spacial score (nSPS) is 20.9. The number of rotatable bonds is 3. The molecular weight excluding hydrogens is 286 g/mol. The Kier molecular flexibility index (Phi) is 3.51. The third kappa shape index (κ3) is 2.45. The first-order valence-electron chi connectivity index (χ1n) is 6.77. The van der Waals surface area contributed by atoms with E-state index in [2.05, 4.69) is 6.92 Å². The third-order valence-electron chi connectivity index (χ3n) is 3.79. The van der Waals surface area contributed by atoms with Crippen LogP contribution in [0.4, 0.5) is 0 Å². The molecule has 0 radical (unpaired) electrons. The highest BCUT2D eigenvalue weighted by atomic mass is 32.1. The maximum atomic E-state index is 12.5. The summed E-state index contributed by atoms with van der Waals surface area (Å²) in [5.74, 6) is -0.662. The van der Waals surface area contributed by atoms with Crippen molar-refractivity contribution in [2.24, 2.45) is 5.92 Å². The van der Waals surface area contributed by atoms with Crippen molar-refractivity contribution in [3.8, 4) is 0 Å². The van der Waals surface area contributed by atoms with Gasteiger partial charge in [0.05, 0.1) is 10.9 Å². The molecule has 0 saturated carbocycles. The van der Waals surface area contributed by atoms with E-state index in [4.69, 9.17) is 5.11 Å². The predicted molar refractivity (Wildman–Crippen MR) is 80.7 cm³/mol. The lowest BCUT2D eigenvalue weighted by atomic mass is 9.84. The van der Waals surface area contributed by atoms with Crippen molar-refractivity contribution < 1.29 is 14.7 Å². The summed E-state index contributed by atoms with van der Waals surface area (Å²) in [6.07, 6.45) is 0. The van der Waals surface area contributed by atoms with Gasteiger partial charge in [-0.25, -0.2) is 4.79 Å². The van der Waals surface area contributed by atoms with Crippen LogP contribution in [0.5, 0.6) is 0 Å². The van der Waals surface area contributed by atoms with Gasteiger partial charge in [0, 0.05) is 6.54 Å². The fourth-order valence-corrected chi connectivity index (χ4v) is 3.57. The van der Waals surface area contributed by atoms with Gasteiger partial charge in [-0.05, 0) is 23.6 Å². The number of hydrogen-bond donors (Lipinski definition) is 1. The number of nitrogens with zero attached hydrogens (tertiary/aromatic N) is 1. The molecule has 1 aliphatic heterocycles. The minimum absolute atomic E-state index is 0.0779. The Hall–Kier alpha value is -2.14. The zero-order valence-electron chi connectivity index (χ0n) is 11.5. The maximum Gasteiger partial charge on any atom is 0.345 e. The average molecular weight is 301 g/mol. The Balaban J connectivity index is 1.83. The molecule has 4 nitrogen and oxygen atoms in total. The highest BCUT2D eigenvalue weighted by Gasteiger charge is 2.40. The van der Waals surface area contributed by atoms with Crippen molar-refractivity contribution in [3.63, 3.8) is 0 Å². The van der Waals surface area contributed by atoms with E-state index >= 15 is 0 Å². The van der Waals surface area contributed by atoms with E-state index in [0.29, 0.717) is 17.3 Å². The van der Waals surface area contributed by atoms with Crippen LogP contribution in [0.3, 0.4) is 0 Å². The van der Waals surface area contributed by atoms with E-state index in [1.54, 1.807) is 6.07 Å². The molecule has 2 atom stereocenters. The van der Waals surface area contributed by atoms with Crippen LogP contribution in [0.25, 0.3) is 0 Å². The van der Waals surface area contributed by atoms with Gasteiger partial charge in [0.25, 0.3) is 5.91 Å². The minimum atomic E-state index is -0.990. The fraction of sp³-hybridized carbons (Fsp3) is 0.250. The molecule has 1 amide bonds. The monoisotopic (exact) mass is 301 g/mol. The minimum Gasteiger partial charge on any atom is -0.477 e. The predicted octanol–water partition coefficient (Wildman–Crippen LogP) is 3.28. The van der Waals surface area contributed by atoms with Crippen LogP contribution >= 0.6 is 11.3 Å². The van der Waals surface area contributed by atoms with E-state index in [-0.39, 0.29) is 16.8 Å². The average Bonchev–Trinajstić information content (AvgIpc) is 2.95. The second kappa shape index (κ2) is 5.33. The Morgan fingerprint density at radius 3 is 2.38 bits per heavy atom. The number of thiophene rings is 1. The first-order valence-corrected chi connectivity index (χ1v) is 7.58. The molecule has 1 aromatic carbocycles. The van der Waals surface area contributed by atoms with Crippen molar-refractivity contribution >= 4 is 23.2 Å². The lowest BCUT2D eigenvalue weighted by molar-refractivity contribution is 0.0202. The standard InChI is InChI=1S/C16H15NO3S/c1-10-9-17(14(10)11-5-3-2-4-6-11)15(18)12-7-8-13(21-12)16(19)20/h2-8,10,14H,9H2,1H3,(H,19,20). The van der Waals surface area contributed by atoms with Gasteiger partial charge in [-0.2, -0.15) is 0 Å². The summed E-state index contributed by atoms with van der Waals surface area (Å²) in [4.78, 5) is 25.9. The molecule has 2 heterocycles. The van der Waals surface area contributed by atoms with E-state index in [1.165, 1.54) is 6.07 Å². The Labute approximate surface area is 126 Å². The van der Waals surface area contributed by atoms with Crippen LogP contribution in [0.15, 0.2) is 42.5 Å². The quantitative estimate of drug-likeness (QED) is 0.946. The maximum absolute atomic E-state index is 12.5. The summed E-state index contributed by atoms with van der Waals surface area (Å²) in [5, 5.41) is 8.95. The first kappa shape index (κ1) is 13.8. The van der Waals surface area contributed by atoms with Crippen LogP contribution in [0, 0.1) is 5.92 Å². The molecule has 3 rings (SSSR count). The zero-order chi connectivity index (χ0) is 15.0. The largest absolute Gasteiger partial charge is 0.477 e. The fourth-order valence-electron chi connectivity index (χ4n) is 2.77. The second-order valence-corrected chi connectivity index (χ2v) is 6.34. The van der Waals surface area contributed by atoms with E-state index in [9.17, 15) is 9.59 Å². The molecule has 5 heteroatoms. The highest BCUT2D eigenvalue weighted by molar-refractivity contribution is 7.15. The van der Waals surface area contributed by atoms with E-state index in [0.717, 1.165) is 16.9 Å². The number of likely N-dealkylation sites (tertiary alicyclic amines) is 1. The van der Waals surface area contributed by atoms with Crippen LogP contribution in [0.1, 0.15) is 37.9 Å². The molecule has 0 aliphatic carbocycles. The Bertz CT molecular complexity index is 680. The van der Waals surface area contributed by atoms with Crippen LogP contribution < -0.4 is 0 Å². The molecule has 2 aromatic rings. The summed E-state index contributed by atoms with van der Waals surface area (Å²) in [7, 11) is 0. The Morgan fingerprint density at radius 2 is 1.81 bits per heavy atom. The molecule has 21 heavy (non-hydrogen) atoms. The summed E-state index contributed by atoms with van der Waals surface area (Å²) < 4.78 is 0. The number of carbonyl (C=O) groups is 2. The van der Waals surface area contributed by atoms with Crippen molar-refractivity contribution in [2.75, 3.05) is 6.54 Å². The zero-order valence-corrected chi connectivity index (χ0v) is 12.3. The van der Waals surface area contributed by atoms with Gasteiger partial charge in [-0.1, -0.05) is 37.3 Å². The summed E-state index contributed by atoms with van der Waals surface area (Å²) >= 11 is 1.03. The van der Waals surface area contributed by atoms with Crippen molar-refractivity contribution in [3.05, 3.63) is 57.8 Å². The van der Waals surface area contributed by atoms with E-state index < -0.39 is 5.97 Å². The third-order valence-corrected chi connectivity index (χ3v) is 4.85. The highest BCUT2D eigenvalue weighted by Crippen LogP contribution is 2.39. The van der Waals surface area contributed by atoms with Crippen molar-refractivity contribution in [1.82, 2.24) is 4.90 Å². The first-order chi connectivity index (χ1) is 10.1. The molecule has 0 spiro atoms. The molecule has 108 valence electrons. The number of amides is 1. The molecule has 1 N–H and O–H groups in total.